The SMILES string of the molecule is COC(=O)CCn1cc(NC(=O)c2cc(NC(=O)CCNC(=O)c3cc(NC(=O)c4nccn4C)cn3C)cn2C)cc1C(=O)NCC[C@@H](N)C(=O)Nc1cc(C(=O)Nc2cc(C(=O)Nc3cc(C(=O)NCCC(=O)Nc4cc(C(N)=O)n(C)c4)n(C)c3)n(C)c2)n(C)c1. The van der Waals surface area contributed by atoms with Gasteiger partial charge in [-0.2, -0.15) is 0 Å². The van der Waals surface area contributed by atoms with Crippen molar-refractivity contribution >= 4 is 111 Å². The Bertz CT molecular complexity index is 4270. The van der Waals surface area contributed by atoms with Crippen molar-refractivity contribution in [3.63, 3.8) is 0 Å². The number of primary amides is 1. The van der Waals surface area contributed by atoms with E-state index in [1.54, 1.807) is 66.3 Å². The number of nitrogens with one attached hydrogen (secondary N) is 10. The molecule has 494 valence electrons. The van der Waals surface area contributed by atoms with Gasteiger partial charge in [0, 0.05) is 144 Å². The number of anilines is 7. The number of ether oxygens (including phenoxy) is 1. The lowest BCUT2D eigenvalue weighted by atomic mass is 10.2. The van der Waals surface area contributed by atoms with Crippen LogP contribution in [0, 0.1) is 0 Å². The molecule has 0 spiro atoms. The Balaban J connectivity index is 0.774. The van der Waals surface area contributed by atoms with Crippen LogP contribution in [0.2, 0.25) is 0 Å². The average molecular weight is 1290 g/mol. The maximum atomic E-state index is 13.6. The second kappa shape index (κ2) is 29.6. The van der Waals surface area contributed by atoms with Gasteiger partial charge in [0.15, 0.2) is 5.82 Å². The summed E-state index contributed by atoms with van der Waals surface area (Å²) in [5.41, 5.74) is 14.7. The van der Waals surface area contributed by atoms with Crippen LogP contribution in [0.3, 0.4) is 0 Å². The zero-order valence-electron chi connectivity index (χ0n) is 52.5. The lowest BCUT2D eigenvalue weighted by molar-refractivity contribution is -0.140. The third-order valence-corrected chi connectivity index (χ3v) is 14.6. The van der Waals surface area contributed by atoms with Crippen LogP contribution in [0.4, 0.5) is 39.8 Å². The Kier molecular flexibility index (Phi) is 21.3. The van der Waals surface area contributed by atoms with Crippen LogP contribution in [0.5, 0.6) is 0 Å². The van der Waals surface area contributed by atoms with Gasteiger partial charge in [-0.3, -0.25) is 57.5 Å². The van der Waals surface area contributed by atoms with E-state index in [2.05, 4.69) is 58.2 Å². The van der Waals surface area contributed by atoms with Gasteiger partial charge >= 0.3 is 5.97 Å². The highest BCUT2D eigenvalue weighted by Crippen LogP contribution is 2.23. The monoisotopic (exact) mass is 1290 g/mol. The molecule has 8 aromatic heterocycles. The van der Waals surface area contributed by atoms with Gasteiger partial charge in [-0.05, 0) is 48.9 Å². The molecule has 8 heterocycles. The van der Waals surface area contributed by atoms with Gasteiger partial charge in [-0.15, -0.1) is 0 Å². The van der Waals surface area contributed by atoms with E-state index in [0.29, 0.717) is 17.1 Å². The number of rotatable bonds is 28. The van der Waals surface area contributed by atoms with Crippen LogP contribution in [0.15, 0.2) is 98.2 Å². The van der Waals surface area contributed by atoms with Crippen molar-refractivity contribution in [2.24, 2.45) is 60.8 Å². The lowest BCUT2D eigenvalue weighted by Gasteiger charge is -2.13. The summed E-state index contributed by atoms with van der Waals surface area (Å²) < 4.78 is 16.7. The van der Waals surface area contributed by atoms with E-state index in [4.69, 9.17) is 16.2 Å². The van der Waals surface area contributed by atoms with Crippen molar-refractivity contribution in [3.8, 4) is 0 Å². The molecule has 34 heteroatoms. The Morgan fingerprint density at radius 3 is 1.18 bits per heavy atom. The normalized spacial score (nSPS) is 11.2. The van der Waals surface area contributed by atoms with Gasteiger partial charge < -0.3 is 106 Å². The first-order valence-electron chi connectivity index (χ1n) is 28.9. The van der Waals surface area contributed by atoms with Gasteiger partial charge in [0.1, 0.15) is 39.9 Å². The van der Waals surface area contributed by atoms with E-state index < -0.39 is 77.0 Å². The average Bonchev–Trinajstić information content (AvgIpc) is 2.34. The van der Waals surface area contributed by atoms with E-state index in [9.17, 15) is 57.5 Å². The molecule has 0 aliphatic carbocycles. The number of aryl methyl sites for hydroxylation is 8. The molecule has 0 saturated carbocycles. The molecule has 0 bridgehead atoms. The number of nitrogens with two attached hydrogens (primary N) is 2. The van der Waals surface area contributed by atoms with Crippen LogP contribution < -0.4 is 64.6 Å². The summed E-state index contributed by atoms with van der Waals surface area (Å²) in [4.78, 5) is 159. The van der Waals surface area contributed by atoms with Gasteiger partial charge in [0.05, 0.1) is 59.4 Å². The molecule has 0 aliphatic rings. The number of nitrogens with zero attached hydrogens (tertiary/aromatic N) is 9. The van der Waals surface area contributed by atoms with Crippen molar-refractivity contribution in [1.82, 2.24) is 57.5 Å². The first-order valence-corrected chi connectivity index (χ1v) is 28.9. The van der Waals surface area contributed by atoms with Crippen molar-refractivity contribution in [2.45, 2.75) is 38.3 Å². The minimum atomic E-state index is -1.14. The van der Waals surface area contributed by atoms with E-state index in [0.717, 1.165) is 0 Å². The Hall–Kier alpha value is -12.2. The molecule has 0 aromatic carbocycles. The molecule has 1 atom stereocenters. The fourth-order valence-electron chi connectivity index (χ4n) is 9.80. The summed E-state index contributed by atoms with van der Waals surface area (Å²) in [7, 11) is 12.5. The van der Waals surface area contributed by atoms with E-state index in [1.165, 1.54) is 125 Å². The van der Waals surface area contributed by atoms with E-state index >= 15 is 0 Å². The highest BCUT2D eigenvalue weighted by atomic mass is 16.5. The molecule has 94 heavy (non-hydrogen) atoms. The topological polar surface area (TPSA) is 439 Å². The Morgan fingerprint density at radius 1 is 0.426 bits per heavy atom. The lowest BCUT2D eigenvalue weighted by Crippen LogP contribution is -2.39. The van der Waals surface area contributed by atoms with Gasteiger partial charge in [0.25, 0.3) is 47.3 Å². The number of aromatic nitrogens is 9. The summed E-state index contributed by atoms with van der Waals surface area (Å²) >= 11 is 0. The van der Waals surface area contributed by atoms with Crippen LogP contribution in [0.25, 0.3) is 0 Å². The molecule has 34 nitrogen and oxygen atoms in total. The molecule has 14 N–H and O–H groups in total. The van der Waals surface area contributed by atoms with Crippen LogP contribution in [-0.2, 0) is 79.8 Å². The van der Waals surface area contributed by atoms with Crippen molar-refractivity contribution in [2.75, 3.05) is 64.0 Å². The molecule has 0 unspecified atom stereocenters. The quantitative estimate of drug-likeness (QED) is 0.0310. The standard InChI is InChI=1S/C60H71N21O13/c1-74-18-16-63-52(74)60(93)73-38-22-43(77(4)31-38)55(88)66-15-11-49(83)68-34-20-44(78(5)27-34)59(92)72-39-25-47(81(32-39)17-12-50(84)94-8)56(89)64-13-9-40(61)53(86)69-35-23-45(79(6)28-35)57(90)71-37-24-46(80(7)30-37)58(91)70-36-21-42(76(3)29-36)54(87)65-14-10-48(82)67-33-19-41(51(62)85)75(2)26-33/h16,18-32,40H,9-15,17,61H2,1-8H3,(H2,62,85)(H,64,89)(H,65,87)(H,66,88)(H,67,82)(H,68,83)(H,69,86)(H,70,91)(H,71,90)(H,72,92)(H,73,93)/t40-/m1/s1. The first kappa shape index (κ1) is 67.7. The third kappa shape index (κ3) is 17.0. The molecular weight excluding hydrogens is 1220 g/mol. The van der Waals surface area contributed by atoms with Gasteiger partial charge in [0.2, 0.25) is 17.7 Å². The van der Waals surface area contributed by atoms with E-state index in [-0.39, 0.29) is 120 Å². The molecule has 8 aromatic rings. The Morgan fingerprint density at radius 2 is 0.777 bits per heavy atom. The number of esters is 1. The maximum Gasteiger partial charge on any atom is 0.307 e. The van der Waals surface area contributed by atoms with Crippen LogP contribution >= 0.6 is 0 Å². The highest BCUT2D eigenvalue weighted by Gasteiger charge is 2.24. The third-order valence-electron chi connectivity index (χ3n) is 14.6. The number of carbonyl (C=O) groups is 12. The van der Waals surface area contributed by atoms with Crippen LogP contribution in [-0.4, -0.2) is 145 Å². The molecular formula is C60H71N21O13. The number of imidazole rings is 1. The van der Waals surface area contributed by atoms with Crippen molar-refractivity contribution < 1.29 is 62.3 Å². The van der Waals surface area contributed by atoms with Gasteiger partial charge in [-0.25, -0.2) is 4.98 Å². The fraction of sp³-hybridized carbons (Fsp3) is 0.283. The first-order chi connectivity index (χ1) is 44.6. The van der Waals surface area contributed by atoms with Gasteiger partial charge in [-0.1, -0.05) is 0 Å². The second-order valence-corrected chi connectivity index (χ2v) is 21.8. The summed E-state index contributed by atoms with van der Waals surface area (Å²) in [5.74, 6) is -6.35. The number of hydrogen-bond donors (Lipinski definition) is 12. The molecule has 0 fully saturated rings. The fourth-order valence-corrected chi connectivity index (χ4v) is 9.80. The largest absolute Gasteiger partial charge is 0.469 e. The highest BCUT2D eigenvalue weighted by molar-refractivity contribution is 6.09. The Labute approximate surface area is 535 Å². The van der Waals surface area contributed by atoms with Crippen LogP contribution in [0.1, 0.15) is 110 Å². The van der Waals surface area contributed by atoms with Crippen molar-refractivity contribution in [1.29, 1.82) is 0 Å². The number of methoxy groups -OCH3 is 1. The minimum Gasteiger partial charge on any atom is -0.469 e. The summed E-state index contributed by atoms with van der Waals surface area (Å²) in [6, 6.07) is 8.93. The zero-order valence-corrected chi connectivity index (χ0v) is 52.5. The molecule has 0 radical (unpaired) electrons. The summed E-state index contributed by atoms with van der Waals surface area (Å²) in [6.45, 7) is -0.150. The molecule has 11 amide bonds. The summed E-state index contributed by atoms with van der Waals surface area (Å²) in [6.07, 6.45) is 13.4. The predicted octanol–water partition coefficient (Wildman–Crippen LogP) is 1.53. The molecule has 0 saturated heterocycles. The molecule has 0 aliphatic heterocycles. The van der Waals surface area contributed by atoms with Crippen molar-refractivity contribution in [3.05, 3.63) is 144 Å². The smallest absolute Gasteiger partial charge is 0.307 e. The molecule has 8 rings (SSSR count). The predicted molar refractivity (Wildman–Crippen MR) is 342 cm³/mol. The second-order valence-electron chi connectivity index (χ2n) is 21.8. The number of amides is 11. The number of hydrogen-bond acceptors (Lipinski definition) is 15. The minimum absolute atomic E-state index is 0.0131. The summed E-state index contributed by atoms with van der Waals surface area (Å²) in [5, 5.41) is 27.0. The number of carbonyl (C=O) groups excluding carboxylic acids is 12. The van der Waals surface area contributed by atoms with E-state index in [1.807, 2.05) is 0 Å². The maximum absolute atomic E-state index is 13.6. The zero-order chi connectivity index (χ0) is 68.2.